The maximum absolute atomic E-state index is 12.1. The van der Waals surface area contributed by atoms with Crippen LogP contribution in [0.15, 0.2) is 48.5 Å². The first-order chi connectivity index (χ1) is 10.6. The fourth-order valence-corrected chi connectivity index (χ4v) is 2.69. The van der Waals surface area contributed by atoms with Crippen molar-refractivity contribution in [2.45, 2.75) is 6.54 Å². The molecule has 0 radical (unpaired) electrons. The summed E-state index contributed by atoms with van der Waals surface area (Å²) < 4.78 is 6.31. The molecule has 0 atom stereocenters. The van der Waals surface area contributed by atoms with Crippen LogP contribution >= 0.6 is 22.6 Å². The predicted octanol–water partition coefficient (Wildman–Crippen LogP) is 3.37. The van der Waals surface area contributed by atoms with Crippen LogP contribution in [0.1, 0.15) is 5.56 Å². The van der Waals surface area contributed by atoms with Crippen LogP contribution in [0.4, 0.5) is 5.69 Å². The maximum atomic E-state index is 12.1. The first-order valence-corrected chi connectivity index (χ1v) is 8.01. The number of benzene rings is 2. The first kappa shape index (κ1) is 16.8. The van der Waals surface area contributed by atoms with Gasteiger partial charge in [0.15, 0.2) is 0 Å². The highest BCUT2D eigenvalue weighted by Crippen LogP contribution is 2.14. The lowest BCUT2D eigenvalue weighted by Gasteiger charge is -2.17. The van der Waals surface area contributed by atoms with E-state index in [9.17, 15) is 4.79 Å². The Hall–Kier alpha value is -1.60. The zero-order valence-corrected chi connectivity index (χ0v) is 14.8. The fourth-order valence-electron chi connectivity index (χ4n) is 2.15. The predicted molar refractivity (Wildman–Crippen MR) is 97.1 cm³/mol. The van der Waals surface area contributed by atoms with Crippen molar-refractivity contribution in [3.05, 3.63) is 57.7 Å². The van der Waals surface area contributed by atoms with E-state index in [1.54, 1.807) is 7.11 Å². The first-order valence-electron chi connectivity index (χ1n) is 6.93. The minimum atomic E-state index is -0.0209. The second kappa shape index (κ2) is 8.14. The number of carbonyl (C=O) groups excluding carboxylic acids is 1. The number of carbonyl (C=O) groups is 1. The third kappa shape index (κ3) is 5.31. The summed E-state index contributed by atoms with van der Waals surface area (Å²) in [5.74, 6) is 0.807. The third-order valence-electron chi connectivity index (χ3n) is 3.11. The highest BCUT2D eigenvalue weighted by atomic mass is 127. The van der Waals surface area contributed by atoms with Crippen LogP contribution in [0.2, 0.25) is 0 Å². The van der Waals surface area contributed by atoms with E-state index < -0.39 is 0 Å². The average Bonchev–Trinajstić information content (AvgIpc) is 2.47. The lowest BCUT2D eigenvalue weighted by atomic mass is 10.2. The number of nitrogens with zero attached hydrogens (tertiary/aromatic N) is 1. The number of hydrogen-bond acceptors (Lipinski definition) is 3. The van der Waals surface area contributed by atoms with Gasteiger partial charge in [0.1, 0.15) is 5.75 Å². The number of likely N-dealkylation sites (N-methyl/N-ethyl adjacent to an activating group) is 1. The van der Waals surface area contributed by atoms with Crippen molar-refractivity contribution in [2.75, 3.05) is 26.0 Å². The monoisotopic (exact) mass is 410 g/mol. The standard InChI is InChI=1S/C17H19IN2O2/c1-20(11-13-5-3-8-16(9-13)22-2)12-17(21)19-15-7-4-6-14(18)10-15/h3-10H,11-12H2,1-2H3,(H,19,21). The molecule has 0 aliphatic carbocycles. The second-order valence-electron chi connectivity index (χ2n) is 5.08. The normalized spacial score (nSPS) is 10.5. The SMILES string of the molecule is COc1cccc(CN(C)CC(=O)Nc2cccc(I)c2)c1. The zero-order chi connectivity index (χ0) is 15.9. The Bertz CT molecular complexity index is 646. The third-order valence-corrected chi connectivity index (χ3v) is 3.78. The largest absolute Gasteiger partial charge is 0.497 e. The van der Waals surface area contributed by atoms with E-state index in [1.807, 2.05) is 60.5 Å². The number of ether oxygens (including phenoxy) is 1. The average molecular weight is 410 g/mol. The summed E-state index contributed by atoms with van der Waals surface area (Å²) in [6.07, 6.45) is 0. The number of anilines is 1. The summed E-state index contributed by atoms with van der Waals surface area (Å²) in [7, 11) is 3.57. The topological polar surface area (TPSA) is 41.6 Å². The van der Waals surface area contributed by atoms with Crippen LogP contribution in [-0.2, 0) is 11.3 Å². The molecule has 0 bridgehead atoms. The zero-order valence-electron chi connectivity index (χ0n) is 12.7. The molecule has 1 N–H and O–H groups in total. The quantitative estimate of drug-likeness (QED) is 0.743. The summed E-state index contributed by atoms with van der Waals surface area (Å²) in [5.41, 5.74) is 1.94. The van der Waals surface area contributed by atoms with Gasteiger partial charge in [0.25, 0.3) is 0 Å². The lowest BCUT2D eigenvalue weighted by molar-refractivity contribution is -0.117. The molecular weight excluding hydrogens is 391 g/mol. The van der Waals surface area contributed by atoms with E-state index in [-0.39, 0.29) is 5.91 Å². The minimum absolute atomic E-state index is 0.0209. The molecule has 2 aromatic rings. The molecule has 116 valence electrons. The summed E-state index contributed by atoms with van der Waals surface area (Å²) in [5, 5.41) is 2.91. The molecule has 4 nitrogen and oxygen atoms in total. The van der Waals surface area contributed by atoms with Crippen molar-refractivity contribution in [1.82, 2.24) is 4.90 Å². The fraction of sp³-hybridized carbons (Fsp3) is 0.235. The van der Waals surface area contributed by atoms with Crippen LogP contribution in [0, 0.1) is 3.57 Å². The van der Waals surface area contributed by atoms with E-state index in [2.05, 4.69) is 27.9 Å². The molecule has 1 amide bonds. The summed E-state index contributed by atoms with van der Waals surface area (Å²) >= 11 is 2.23. The molecule has 2 aromatic carbocycles. The van der Waals surface area contributed by atoms with Gasteiger partial charge in [-0.3, -0.25) is 9.69 Å². The molecule has 0 spiro atoms. The Morgan fingerprint density at radius 2 is 2.00 bits per heavy atom. The van der Waals surface area contributed by atoms with Gasteiger partial charge < -0.3 is 10.1 Å². The van der Waals surface area contributed by atoms with E-state index in [4.69, 9.17) is 4.74 Å². The maximum Gasteiger partial charge on any atom is 0.238 e. The molecule has 22 heavy (non-hydrogen) atoms. The molecule has 0 saturated carbocycles. The van der Waals surface area contributed by atoms with Crippen LogP contribution in [0.3, 0.4) is 0 Å². The summed E-state index contributed by atoms with van der Waals surface area (Å²) in [4.78, 5) is 14.0. The molecule has 0 saturated heterocycles. The smallest absolute Gasteiger partial charge is 0.238 e. The molecule has 0 unspecified atom stereocenters. The van der Waals surface area contributed by atoms with Gasteiger partial charge in [-0.2, -0.15) is 0 Å². The summed E-state index contributed by atoms with van der Waals surface area (Å²) in [6, 6.07) is 15.6. The minimum Gasteiger partial charge on any atom is -0.497 e. The lowest BCUT2D eigenvalue weighted by Crippen LogP contribution is -2.29. The van der Waals surface area contributed by atoms with E-state index >= 15 is 0 Å². The Morgan fingerprint density at radius 1 is 1.23 bits per heavy atom. The van der Waals surface area contributed by atoms with Crippen molar-refractivity contribution in [2.24, 2.45) is 0 Å². The molecule has 2 rings (SSSR count). The van der Waals surface area contributed by atoms with Crippen LogP contribution in [-0.4, -0.2) is 31.5 Å². The molecule has 0 heterocycles. The Kier molecular flexibility index (Phi) is 6.21. The highest BCUT2D eigenvalue weighted by molar-refractivity contribution is 14.1. The number of nitrogens with one attached hydrogen (secondary N) is 1. The van der Waals surface area contributed by atoms with Crippen LogP contribution in [0.5, 0.6) is 5.75 Å². The van der Waals surface area contributed by atoms with Crippen molar-refractivity contribution < 1.29 is 9.53 Å². The van der Waals surface area contributed by atoms with Crippen LogP contribution < -0.4 is 10.1 Å². The van der Waals surface area contributed by atoms with Gasteiger partial charge in [-0.25, -0.2) is 0 Å². The van der Waals surface area contributed by atoms with Crippen molar-refractivity contribution in [3.8, 4) is 5.75 Å². The second-order valence-corrected chi connectivity index (χ2v) is 6.33. The molecular formula is C17H19IN2O2. The van der Waals surface area contributed by atoms with Gasteiger partial charge in [0.2, 0.25) is 5.91 Å². The van der Waals surface area contributed by atoms with E-state index in [0.29, 0.717) is 13.1 Å². The van der Waals surface area contributed by atoms with Gasteiger partial charge in [-0.1, -0.05) is 18.2 Å². The Morgan fingerprint density at radius 3 is 2.73 bits per heavy atom. The number of halogens is 1. The van der Waals surface area contributed by atoms with Gasteiger partial charge >= 0.3 is 0 Å². The van der Waals surface area contributed by atoms with Gasteiger partial charge in [0.05, 0.1) is 13.7 Å². The van der Waals surface area contributed by atoms with Gasteiger partial charge in [-0.15, -0.1) is 0 Å². The molecule has 0 aliphatic rings. The van der Waals surface area contributed by atoms with Crippen molar-refractivity contribution in [3.63, 3.8) is 0 Å². The molecule has 0 fully saturated rings. The van der Waals surface area contributed by atoms with E-state index in [0.717, 1.165) is 20.6 Å². The number of rotatable bonds is 6. The molecule has 0 aliphatic heterocycles. The Balaban J connectivity index is 1.88. The summed E-state index contributed by atoms with van der Waals surface area (Å²) in [6.45, 7) is 1.03. The van der Waals surface area contributed by atoms with Crippen molar-refractivity contribution >= 4 is 34.2 Å². The van der Waals surface area contributed by atoms with Gasteiger partial charge in [0, 0.05) is 15.8 Å². The van der Waals surface area contributed by atoms with E-state index in [1.165, 1.54) is 0 Å². The number of hydrogen-bond donors (Lipinski definition) is 1. The molecule has 5 heteroatoms. The molecule has 0 aromatic heterocycles. The highest BCUT2D eigenvalue weighted by Gasteiger charge is 2.08. The number of methoxy groups -OCH3 is 1. The number of amides is 1. The van der Waals surface area contributed by atoms with Crippen LogP contribution in [0.25, 0.3) is 0 Å². The van der Waals surface area contributed by atoms with Gasteiger partial charge in [-0.05, 0) is 65.5 Å². The Labute approximate surface area is 144 Å². The van der Waals surface area contributed by atoms with Crippen molar-refractivity contribution in [1.29, 1.82) is 0 Å².